The van der Waals surface area contributed by atoms with E-state index in [1.165, 1.54) is 0 Å². The van der Waals surface area contributed by atoms with Crippen molar-refractivity contribution in [1.29, 1.82) is 5.41 Å². The molecule has 0 bridgehead atoms. The van der Waals surface area contributed by atoms with E-state index in [4.69, 9.17) is 22.7 Å². The lowest BCUT2D eigenvalue weighted by molar-refractivity contribution is 0.791. The Morgan fingerprint density at radius 1 is 1.44 bits per heavy atom. The number of nitrogen functional groups attached to an aromatic ring is 1. The zero-order valence-electron chi connectivity index (χ0n) is 9.76. The van der Waals surface area contributed by atoms with Gasteiger partial charge in [0.25, 0.3) is 0 Å². The third-order valence-electron chi connectivity index (χ3n) is 2.46. The lowest BCUT2D eigenvalue weighted by Crippen LogP contribution is -2.26. The predicted octanol–water partition coefficient (Wildman–Crippen LogP) is 2.86. The average molecular weight is 240 g/mol. The van der Waals surface area contributed by atoms with Crippen LogP contribution >= 0.6 is 11.6 Å². The number of nitrogens with two attached hydrogens (primary N) is 1. The molecule has 3 N–H and O–H groups in total. The van der Waals surface area contributed by atoms with E-state index in [-0.39, 0.29) is 5.84 Å². The maximum Gasteiger partial charge on any atom is 0.124 e. The Morgan fingerprint density at radius 2 is 2.12 bits per heavy atom. The summed E-state index contributed by atoms with van der Waals surface area (Å²) in [4.78, 5) is 2.20. The van der Waals surface area contributed by atoms with Gasteiger partial charge >= 0.3 is 0 Å². The highest BCUT2D eigenvalue weighted by Crippen LogP contribution is 2.24. The molecule has 0 unspecified atom stereocenters. The van der Waals surface area contributed by atoms with Crippen molar-refractivity contribution >= 4 is 23.1 Å². The number of benzene rings is 1. The molecule has 3 nitrogen and oxygen atoms in total. The molecule has 1 aromatic rings. The molecule has 0 aliphatic carbocycles. The highest BCUT2D eigenvalue weighted by Gasteiger charge is 2.11. The lowest BCUT2D eigenvalue weighted by Gasteiger charge is -2.25. The monoisotopic (exact) mass is 239 g/mol. The van der Waals surface area contributed by atoms with Gasteiger partial charge in [0.1, 0.15) is 5.84 Å². The van der Waals surface area contributed by atoms with E-state index in [0.29, 0.717) is 10.6 Å². The van der Waals surface area contributed by atoms with Gasteiger partial charge in [0, 0.05) is 29.4 Å². The third-order valence-corrected chi connectivity index (χ3v) is 2.70. The van der Waals surface area contributed by atoms with E-state index in [1.54, 1.807) is 6.07 Å². The van der Waals surface area contributed by atoms with Crippen molar-refractivity contribution < 1.29 is 0 Å². The Kier molecular flexibility index (Phi) is 4.62. The van der Waals surface area contributed by atoms with Crippen LogP contribution in [0.3, 0.4) is 0 Å². The van der Waals surface area contributed by atoms with Gasteiger partial charge in [0.15, 0.2) is 0 Å². The first-order chi connectivity index (χ1) is 7.60. The first-order valence-corrected chi connectivity index (χ1v) is 5.86. The van der Waals surface area contributed by atoms with Gasteiger partial charge in [0.2, 0.25) is 0 Å². The Hall–Kier alpha value is -1.22. The summed E-state index contributed by atoms with van der Waals surface area (Å²) < 4.78 is 0. The van der Waals surface area contributed by atoms with Gasteiger partial charge in [-0.1, -0.05) is 18.5 Å². The molecule has 0 radical (unpaired) electrons. The van der Waals surface area contributed by atoms with Gasteiger partial charge in [-0.3, -0.25) is 5.41 Å². The van der Waals surface area contributed by atoms with Crippen LogP contribution in [-0.4, -0.2) is 18.9 Å². The summed E-state index contributed by atoms with van der Waals surface area (Å²) in [6, 6.07) is 5.51. The smallest absolute Gasteiger partial charge is 0.124 e. The minimum absolute atomic E-state index is 0.0621. The Balaban J connectivity index is 3.14. The van der Waals surface area contributed by atoms with E-state index >= 15 is 0 Å². The highest BCUT2D eigenvalue weighted by atomic mass is 35.5. The highest BCUT2D eigenvalue weighted by molar-refractivity contribution is 6.31. The summed E-state index contributed by atoms with van der Waals surface area (Å²) in [6.45, 7) is 6.08. The van der Waals surface area contributed by atoms with Gasteiger partial charge in [0.05, 0.1) is 0 Å². The van der Waals surface area contributed by atoms with Crippen molar-refractivity contribution in [2.24, 2.45) is 5.73 Å². The number of rotatable bonds is 5. The fourth-order valence-electron chi connectivity index (χ4n) is 1.72. The number of nitrogens with zero attached hydrogens (tertiary/aromatic N) is 1. The first kappa shape index (κ1) is 12.8. The molecular weight excluding hydrogens is 222 g/mol. The fraction of sp³-hybridized carbons (Fsp3) is 0.417. The molecule has 4 heteroatoms. The minimum Gasteiger partial charge on any atom is -0.384 e. The molecule has 1 rings (SSSR count). The Bertz CT molecular complexity index is 377. The van der Waals surface area contributed by atoms with E-state index in [9.17, 15) is 0 Å². The van der Waals surface area contributed by atoms with Crippen LogP contribution in [0, 0.1) is 5.41 Å². The molecule has 0 aromatic heterocycles. The van der Waals surface area contributed by atoms with Crippen molar-refractivity contribution in [1.82, 2.24) is 0 Å². The maximum absolute atomic E-state index is 7.57. The molecular formula is C12H18ClN3. The van der Waals surface area contributed by atoms with Gasteiger partial charge in [-0.25, -0.2) is 0 Å². The van der Waals surface area contributed by atoms with Crippen LogP contribution in [0.2, 0.25) is 5.02 Å². The van der Waals surface area contributed by atoms with Crippen molar-refractivity contribution in [3.63, 3.8) is 0 Å². The van der Waals surface area contributed by atoms with Crippen molar-refractivity contribution in [2.45, 2.75) is 20.3 Å². The molecule has 1 aromatic carbocycles. The molecule has 88 valence electrons. The lowest BCUT2D eigenvalue weighted by atomic mass is 10.1. The average Bonchev–Trinajstić information content (AvgIpc) is 2.26. The zero-order chi connectivity index (χ0) is 12.1. The quantitative estimate of drug-likeness (QED) is 0.613. The molecule has 0 atom stereocenters. The number of hydrogen-bond acceptors (Lipinski definition) is 2. The van der Waals surface area contributed by atoms with E-state index < -0.39 is 0 Å². The number of amidine groups is 1. The molecule has 0 heterocycles. The molecule has 0 amide bonds. The summed E-state index contributed by atoms with van der Waals surface area (Å²) in [5, 5.41) is 8.18. The molecule has 0 aliphatic rings. The second-order valence-corrected chi connectivity index (χ2v) is 4.09. The van der Waals surface area contributed by atoms with Gasteiger partial charge in [-0.05, 0) is 31.5 Å². The van der Waals surface area contributed by atoms with Crippen LogP contribution in [0.25, 0.3) is 0 Å². The van der Waals surface area contributed by atoms with Crippen LogP contribution in [-0.2, 0) is 0 Å². The minimum atomic E-state index is 0.0621. The standard InChI is InChI=1S/C12H18ClN3/c1-3-7-16(4-2)11-6-5-9(13)8-10(11)12(14)15/h5-6,8H,3-4,7H2,1-2H3,(H3,14,15). The topological polar surface area (TPSA) is 53.1 Å². The molecule has 0 aliphatic heterocycles. The van der Waals surface area contributed by atoms with Crippen LogP contribution in [0.4, 0.5) is 5.69 Å². The SMILES string of the molecule is CCCN(CC)c1ccc(Cl)cc1C(=N)N. The first-order valence-electron chi connectivity index (χ1n) is 5.49. The van der Waals surface area contributed by atoms with Crippen LogP contribution < -0.4 is 10.6 Å². The molecule has 0 saturated heterocycles. The Labute approximate surface area is 102 Å². The van der Waals surface area contributed by atoms with Crippen molar-refractivity contribution in [3.05, 3.63) is 28.8 Å². The molecule has 16 heavy (non-hydrogen) atoms. The maximum atomic E-state index is 7.57. The second-order valence-electron chi connectivity index (χ2n) is 3.65. The van der Waals surface area contributed by atoms with Crippen LogP contribution in [0.5, 0.6) is 0 Å². The van der Waals surface area contributed by atoms with E-state index in [0.717, 1.165) is 25.2 Å². The summed E-state index contributed by atoms with van der Waals surface area (Å²) in [7, 11) is 0. The van der Waals surface area contributed by atoms with E-state index in [1.807, 2.05) is 12.1 Å². The van der Waals surface area contributed by atoms with Gasteiger partial charge < -0.3 is 10.6 Å². The molecule has 0 spiro atoms. The predicted molar refractivity (Wildman–Crippen MR) is 70.6 cm³/mol. The van der Waals surface area contributed by atoms with Crippen molar-refractivity contribution in [2.75, 3.05) is 18.0 Å². The third kappa shape index (κ3) is 2.89. The zero-order valence-corrected chi connectivity index (χ0v) is 10.5. The summed E-state index contributed by atoms with van der Waals surface area (Å²) >= 11 is 5.92. The second kappa shape index (κ2) is 5.75. The summed E-state index contributed by atoms with van der Waals surface area (Å²) in [5.74, 6) is 0.0621. The Morgan fingerprint density at radius 3 is 2.62 bits per heavy atom. The molecule has 0 fully saturated rings. The normalized spacial score (nSPS) is 10.2. The number of hydrogen-bond donors (Lipinski definition) is 2. The number of nitrogens with one attached hydrogen (secondary N) is 1. The van der Waals surface area contributed by atoms with Crippen molar-refractivity contribution in [3.8, 4) is 0 Å². The summed E-state index contributed by atoms with van der Waals surface area (Å²) in [6.07, 6.45) is 1.06. The van der Waals surface area contributed by atoms with Crippen LogP contribution in [0.15, 0.2) is 18.2 Å². The molecule has 0 saturated carbocycles. The van der Waals surface area contributed by atoms with E-state index in [2.05, 4.69) is 18.7 Å². The van der Waals surface area contributed by atoms with Gasteiger partial charge in [-0.2, -0.15) is 0 Å². The summed E-state index contributed by atoms with van der Waals surface area (Å²) in [5.41, 5.74) is 7.27. The largest absolute Gasteiger partial charge is 0.384 e. The van der Waals surface area contributed by atoms with Gasteiger partial charge in [-0.15, -0.1) is 0 Å². The number of anilines is 1. The fourth-order valence-corrected chi connectivity index (χ4v) is 1.89. The van der Waals surface area contributed by atoms with Crippen LogP contribution in [0.1, 0.15) is 25.8 Å². The number of halogens is 1.